The SMILES string of the molecule is Cc1c(C(F)(F)F)nnc(Oc2ccc(F)cc2C(C)C)c1C(=O)Nc1cccc(S(C)(=N)=O)c1. The minimum atomic E-state index is -4.89. The molecule has 0 spiro atoms. The van der Waals surface area contributed by atoms with Crippen molar-refractivity contribution in [2.24, 2.45) is 0 Å². The largest absolute Gasteiger partial charge is 0.437 e. The van der Waals surface area contributed by atoms with E-state index in [1.165, 1.54) is 42.7 Å². The third-order valence-electron chi connectivity index (χ3n) is 5.02. The van der Waals surface area contributed by atoms with Crippen molar-refractivity contribution in [3.63, 3.8) is 0 Å². The van der Waals surface area contributed by atoms with Crippen LogP contribution in [-0.4, -0.2) is 26.6 Å². The van der Waals surface area contributed by atoms with Crippen LogP contribution in [0.3, 0.4) is 0 Å². The smallest absolute Gasteiger partial charge is 0.435 e. The summed E-state index contributed by atoms with van der Waals surface area (Å²) in [5.74, 6) is -2.13. The molecule has 0 saturated heterocycles. The zero-order valence-corrected chi connectivity index (χ0v) is 20.0. The average molecular weight is 511 g/mol. The van der Waals surface area contributed by atoms with Gasteiger partial charge in [-0.15, -0.1) is 10.2 Å². The molecule has 2 aromatic carbocycles. The number of alkyl halides is 3. The number of carbonyl (C=O) groups excluding carboxylic acids is 1. The van der Waals surface area contributed by atoms with Crippen LogP contribution in [-0.2, 0) is 15.9 Å². The van der Waals surface area contributed by atoms with Gasteiger partial charge in [0, 0.05) is 22.4 Å². The number of halogens is 4. The van der Waals surface area contributed by atoms with Gasteiger partial charge in [-0.2, -0.15) is 13.2 Å². The van der Waals surface area contributed by atoms with Crippen LogP contribution in [0.1, 0.15) is 46.9 Å². The van der Waals surface area contributed by atoms with Crippen molar-refractivity contribution < 1.29 is 31.3 Å². The number of nitrogens with zero attached hydrogens (tertiary/aromatic N) is 2. The summed E-state index contributed by atoms with van der Waals surface area (Å²) in [5.41, 5.74) is -1.90. The summed E-state index contributed by atoms with van der Waals surface area (Å²) in [6, 6.07) is 9.22. The second-order valence-corrected chi connectivity index (χ2v) is 10.3. The maximum atomic E-state index is 13.8. The molecule has 3 rings (SSSR count). The molecule has 1 atom stereocenters. The Hall–Kier alpha value is -3.54. The molecular formula is C23H22F4N4O3S. The molecule has 0 fully saturated rings. The number of nitrogens with one attached hydrogen (secondary N) is 2. The fourth-order valence-electron chi connectivity index (χ4n) is 3.28. The highest BCUT2D eigenvalue weighted by atomic mass is 32.2. The minimum Gasteiger partial charge on any atom is -0.437 e. The van der Waals surface area contributed by atoms with Crippen molar-refractivity contribution in [1.29, 1.82) is 4.78 Å². The van der Waals surface area contributed by atoms with E-state index in [4.69, 9.17) is 9.52 Å². The summed E-state index contributed by atoms with van der Waals surface area (Å²) < 4.78 is 79.7. The van der Waals surface area contributed by atoms with Crippen molar-refractivity contribution in [1.82, 2.24) is 10.2 Å². The van der Waals surface area contributed by atoms with Gasteiger partial charge >= 0.3 is 6.18 Å². The van der Waals surface area contributed by atoms with Gasteiger partial charge in [-0.3, -0.25) is 4.79 Å². The normalized spacial score (nSPS) is 13.4. The molecule has 0 saturated carbocycles. The van der Waals surface area contributed by atoms with E-state index in [-0.39, 0.29) is 22.3 Å². The van der Waals surface area contributed by atoms with Crippen molar-refractivity contribution in [2.45, 2.75) is 37.8 Å². The predicted octanol–water partition coefficient (Wildman–Crippen LogP) is 6.15. The Morgan fingerprint density at radius 1 is 1.14 bits per heavy atom. The molecule has 35 heavy (non-hydrogen) atoms. The Kier molecular flexibility index (Phi) is 7.16. The molecule has 7 nitrogen and oxygen atoms in total. The highest BCUT2D eigenvalue weighted by Crippen LogP contribution is 2.37. The first-order valence-electron chi connectivity index (χ1n) is 10.3. The third kappa shape index (κ3) is 5.94. The van der Waals surface area contributed by atoms with Crippen LogP contribution < -0.4 is 10.1 Å². The standard InChI is InChI=1S/C23H22F4N4O3S/c1-12(2)17-10-14(24)8-9-18(17)34-22-19(13(3)20(30-31-22)23(25,26)27)21(32)29-15-6-5-7-16(11-15)35(4,28)33/h5-12,28H,1-4H3,(H,29,32). The lowest BCUT2D eigenvalue weighted by Gasteiger charge is -2.18. The molecule has 0 aliphatic carbocycles. The van der Waals surface area contributed by atoms with Crippen molar-refractivity contribution >= 4 is 21.3 Å². The van der Waals surface area contributed by atoms with E-state index in [0.29, 0.717) is 5.56 Å². The van der Waals surface area contributed by atoms with Crippen LogP contribution in [0.5, 0.6) is 11.6 Å². The van der Waals surface area contributed by atoms with E-state index in [1.807, 2.05) is 0 Å². The number of aromatic nitrogens is 2. The number of anilines is 1. The van der Waals surface area contributed by atoms with E-state index in [9.17, 15) is 26.6 Å². The first-order valence-corrected chi connectivity index (χ1v) is 12.2. The van der Waals surface area contributed by atoms with Gasteiger partial charge in [0.15, 0.2) is 5.69 Å². The number of amides is 1. The maximum absolute atomic E-state index is 13.8. The molecule has 0 aliphatic heterocycles. The second-order valence-electron chi connectivity index (χ2n) is 8.12. The highest BCUT2D eigenvalue weighted by molar-refractivity contribution is 7.91. The highest BCUT2D eigenvalue weighted by Gasteiger charge is 2.38. The van der Waals surface area contributed by atoms with E-state index >= 15 is 0 Å². The van der Waals surface area contributed by atoms with Gasteiger partial charge in [0.05, 0.1) is 9.73 Å². The van der Waals surface area contributed by atoms with E-state index in [2.05, 4.69) is 15.5 Å². The van der Waals surface area contributed by atoms with Crippen LogP contribution in [0.25, 0.3) is 0 Å². The van der Waals surface area contributed by atoms with Crippen LogP contribution in [0.2, 0.25) is 0 Å². The van der Waals surface area contributed by atoms with Gasteiger partial charge in [-0.05, 0) is 54.8 Å². The van der Waals surface area contributed by atoms with Crippen LogP contribution in [0, 0.1) is 17.5 Å². The van der Waals surface area contributed by atoms with Gasteiger partial charge < -0.3 is 10.1 Å². The number of hydrogen-bond donors (Lipinski definition) is 2. The van der Waals surface area contributed by atoms with Gasteiger partial charge in [0.2, 0.25) is 0 Å². The van der Waals surface area contributed by atoms with Gasteiger partial charge in [-0.1, -0.05) is 19.9 Å². The molecular weight excluding hydrogens is 488 g/mol. The van der Waals surface area contributed by atoms with Gasteiger partial charge in [0.25, 0.3) is 11.8 Å². The number of ether oxygens (including phenoxy) is 1. The number of benzene rings is 2. The monoisotopic (exact) mass is 510 g/mol. The second kappa shape index (κ2) is 9.61. The maximum Gasteiger partial charge on any atom is 0.435 e. The quantitative estimate of drug-likeness (QED) is 0.387. The lowest BCUT2D eigenvalue weighted by atomic mass is 10.0. The van der Waals surface area contributed by atoms with E-state index < -0.39 is 50.3 Å². The molecule has 3 aromatic rings. The van der Waals surface area contributed by atoms with E-state index in [0.717, 1.165) is 13.0 Å². The molecule has 186 valence electrons. The predicted molar refractivity (Wildman–Crippen MR) is 122 cm³/mol. The first-order chi connectivity index (χ1) is 16.2. The zero-order valence-electron chi connectivity index (χ0n) is 19.2. The Labute approximate surface area is 199 Å². The Morgan fingerprint density at radius 3 is 2.43 bits per heavy atom. The zero-order chi connectivity index (χ0) is 26.1. The van der Waals surface area contributed by atoms with Crippen LogP contribution in [0.15, 0.2) is 47.4 Å². The topological polar surface area (TPSA) is 105 Å². The molecule has 12 heteroatoms. The summed E-state index contributed by atoms with van der Waals surface area (Å²) in [6.07, 6.45) is -3.69. The summed E-state index contributed by atoms with van der Waals surface area (Å²) >= 11 is 0. The Morgan fingerprint density at radius 2 is 1.83 bits per heavy atom. The molecule has 1 heterocycles. The van der Waals surface area contributed by atoms with Crippen molar-refractivity contribution in [3.8, 4) is 11.6 Å². The van der Waals surface area contributed by atoms with Gasteiger partial charge in [0.1, 0.15) is 17.1 Å². The molecule has 0 bridgehead atoms. The Balaban J connectivity index is 2.11. The fourth-order valence-corrected chi connectivity index (χ4v) is 3.97. The molecule has 2 N–H and O–H groups in total. The molecule has 1 amide bonds. The third-order valence-corrected chi connectivity index (χ3v) is 6.18. The Bertz CT molecular complexity index is 1390. The lowest BCUT2D eigenvalue weighted by Crippen LogP contribution is -2.21. The summed E-state index contributed by atoms with van der Waals surface area (Å²) in [7, 11) is -3.10. The number of rotatable bonds is 6. The number of carbonyl (C=O) groups is 1. The van der Waals surface area contributed by atoms with Crippen molar-refractivity contribution in [2.75, 3.05) is 11.6 Å². The average Bonchev–Trinajstić information content (AvgIpc) is 2.73. The summed E-state index contributed by atoms with van der Waals surface area (Å²) in [6.45, 7) is 4.60. The molecule has 0 radical (unpaired) electrons. The van der Waals surface area contributed by atoms with Crippen molar-refractivity contribution in [3.05, 3.63) is 70.7 Å². The van der Waals surface area contributed by atoms with Gasteiger partial charge in [-0.25, -0.2) is 13.4 Å². The first kappa shape index (κ1) is 26.1. The molecule has 1 aromatic heterocycles. The number of hydrogen-bond acceptors (Lipinski definition) is 6. The lowest BCUT2D eigenvalue weighted by molar-refractivity contribution is -0.142. The van der Waals surface area contributed by atoms with Crippen LogP contribution in [0.4, 0.5) is 23.2 Å². The fraction of sp³-hybridized carbons (Fsp3) is 0.261. The van der Waals surface area contributed by atoms with E-state index in [1.54, 1.807) is 13.8 Å². The molecule has 1 unspecified atom stereocenters. The summed E-state index contributed by atoms with van der Waals surface area (Å²) in [5, 5.41) is 9.18. The van der Waals surface area contributed by atoms with Crippen LogP contribution >= 0.6 is 0 Å². The summed E-state index contributed by atoms with van der Waals surface area (Å²) in [4.78, 5) is 13.3. The minimum absolute atomic E-state index is 0.103. The molecule has 0 aliphatic rings.